The fourth-order valence-corrected chi connectivity index (χ4v) is 2.64. The van der Waals surface area contributed by atoms with E-state index in [4.69, 9.17) is 4.42 Å². The number of hydrogen-bond acceptors (Lipinski definition) is 6. The van der Waals surface area contributed by atoms with Gasteiger partial charge in [0.1, 0.15) is 0 Å². The molecule has 96 valence electrons. The number of nitrogens with zero attached hydrogens (tertiary/aromatic N) is 3. The second-order valence-corrected chi connectivity index (χ2v) is 5.33. The molecule has 0 aliphatic carbocycles. The molecule has 17 heavy (non-hydrogen) atoms. The Bertz CT molecular complexity index is 323. The van der Waals surface area contributed by atoms with Gasteiger partial charge in [-0.25, -0.2) is 0 Å². The van der Waals surface area contributed by atoms with E-state index in [1.165, 1.54) is 12.2 Å². The molecule has 0 amide bonds. The number of aromatic nitrogens is 2. The zero-order valence-electron chi connectivity index (χ0n) is 10.3. The van der Waals surface area contributed by atoms with Crippen molar-refractivity contribution in [2.24, 2.45) is 0 Å². The number of hydrogen-bond donors (Lipinski definition) is 1. The Hall–Kier alpha value is -0.750. The quantitative estimate of drug-likeness (QED) is 0.806. The molecule has 0 saturated carbocycles. The molecular formula is C11H20N4OS. The smallest absolute Gasteiger partial charge is 0.318 e. The van der Waals surface area contributed by atoms with Gasteiger partial charge in [0.05, 0.1) is 6.54 Å². The highest BCUT2D eigenvalue weighted by Gasteiger charge is 2.15. The monoisotopic (exact) mass is 256 g/mol. The van der Waals surface area contributed by atoms with Crippen LogP contribution in [0.5, 0.6) is 0 Å². The van der Waals surface area contributed by atoms with Gasteiger partial charge in [0.15, 0.2) is 0 Å². The summed E-state index contributed by atoms with van der Waals surface area (Å²) in [6, 6.07) is 0.681. The molecule has 1 fully saturated rings. The lowest BCUT2D eigenvalue weighted by atomic mass is 10.4. The normalized spacial score (nSPS) is 17.1. The Labute approximate surface area is 106 Å². The largest absolute Gasteiger partial charge is 0.407 e. The second kappa shape index (κ2) is 6.86. The first-order valence-electron chi connectivity index (χ1n) is 6.26. The number of thioether (sulfide) groups is 1. The number of anilines is 1. The molecule has 1 aromatic rings. The predicted octanol–water partition coefficient (Wildman–Crippen LogP) is 1.51. The molecule has 0 bridgehead atoms. The average Bonchev–Trinajstić information content (AvgIpc) is 2.64. The van der Waals surface area contributed by atoms with Crippen LogP contribution >= 0.6 is 11.8 Å². The summed E-state index contributed by atoms with van der Waals surface area (Å²) in [5, 5.41) is 11.4. The van der Waals surface area contributed by atoms with Crippen LogP contribution in [0.15, 0.2) is 4.42 Å². The Morgan fingerprint density at radius 2 is 2.29 bits per heavy atom. The van der Waals surface area contributed by atoms with Crippen molar-refractivity contribution in [2.45, 2.75) is 26.3 Å². The van der Waals surface area contributed by atoms with E-state index in [-0.39, 0.29) is 0 Å². The zero-order chi connectivity index (χ0) is 11.9. The van der Waals surface area contributed by atoms with E-state index >= 15 is 0 Å². The fourth-order valence-electron chi connectivity index (χ4n) is 1.75. The summed E-state index contributed by atoms with van der Waals surface area (Å²) < 4.78 is 5.66. The number of rotatable bonds is 5. The van der Waals surface area contributed by atoms with Crippen molar-refractivity contribution in [2.75, 3.05) is 36.0 Å². The van der Waals surface area contributed by atoms with Gasteiger partial charge < -0.3 is 14.6 Å². The van der Waals surface area contributed by atoms with Crippen molar-refractivity contribution < 1.29 is 4.42 Å². The third kappa shape index (κ3) is 3.89. The second-order valence-electron chi connectivity index (χ2n) is 4.11. The van der Waals surface area contributed by atoms with Gasteiger partial charge in [0.25, 0.3) is 0 Å². The third-order valence-corrected chi connectivity index (χ3v) is 3.70. The Morgan fingerprint density at radius 3 is 3.18 bits per heavy atom. The average molecular weight is 256 g/mol. The van der Waals surface area contributed by atoms with Crippen molar-refractivity contribution in [1.29, 1.82) is 0 Å². The van der Waals surface area contributed by atoms with Crippen LogP contribution in [0.2, 0.25) is 0 Å². The number of nitrogens with one attached hydrogen (secondary N) is 1. The summed E-state index contributed by atoms with van der Waals surface area (Å²) in [6.07, 6.45) is 2.31. The van der Waals surface area contributed by atoms with Crippen LogP contribution in [0.25, 0.3) is 0 Å². The SMILES string of the molecule is CCCNCc1nnc(N2CCCSCC2)o1. The molecule has 1 aliphatic rings. The van der Waals surface area contributed by atoms with Gasteiger partial charge in [0.2, 0.25) is 5.89 Å². The van der Waals surface area contributed by atoms with Crippen LogP contribution < -0.4 is 10.2 Å². The van der Waals surface area contributed by atoms with Crippen molar-refractivity contribution in [1.82, 2.24) is 15.5 Å². The fraction of sp³-hybridized carbons (Fsp3) is 0.818. The highest BCUT2D eigenvalue weighted by atomic mass is 32.2. The molecular weight excluding hydrogens is 236 g/mol. The van der Waals surface area contributed by atoms with E-state index in [2.05, 4.69) is 27.3 Å². The highest BCUT2D eigenvalue weighted by Crippen LogP contribution is 2.17. The van der Waals surface area contributed by atoms with E-state index in [0.29, 0.717) is 18.5 Å². The molecule has 2 rings (SSSR count). The molecule has 0 unspecified atom stereocenters. The topological polar surface area (TPSA) is 54.2 Å². The van der Waals surface area contributed by atoms with Crippen LogP contribution in [0, 0.1) is 0 Å². The van der Waals surface area contributed by atoms with Crippen LogP contribution in [0.4, 0.5) is 6.01 Å². The summed E-state index contributed by atoms with van der Waals surface area (Å²) >= 11 is 1.99. The van der Waals surface area contributed by atoms with E-state index in [1.54, 1.807) is 0 Å². The van der Waals surface area contributed by atoms with Crippen LogP contribution in [0.1, 0.15) is 25.7 Å². The molecule has 0 spiro atoms. The first-order chi connectivity index (χ1) is 8.40. The maximum Gasteiger partial charge on any atom is 0.318 e. The molecule has 2 heterocycles. The first kappa shape index (κ1) is 12.7. The van der Waals surface area contributed by atoms with Crippen LogP contribution in [-0.4, -0.2) is 41.3 Å². The maximum atomic E-state index is 5.66. The van der Waals surface area contributed by atoms with Crippen LogP contribution in [0.3, 0.4) is 0 Å². The van der Waals surface area contributed by atoms with E-state index in [9.17, 15) is 0 Å². The lowest BCUT2D eigenvalue weighted by Crippen LogP contribution is -2.25. The lowest BCUT2D eigenvalue weighted by Gasteiger charge is -2.15. The summed E-state index contributed by atoms with van der Waals surface area (Å²) in [7, 11) is 0. The minimum absolute atomic E-state index is 0.670. The predicted molar refractivity (Wildman–Crippen MR) is 70.5 cm³/mol. The first-order valence-corrected chi connectivity index (χ1v) is 7.41. The summed E-state index contributed by atoms with van der Waals surface area (Å²) in [6.45, 7) is 5.83. The minimum atomic E-state index is 0.670. The lowest BCUT2D eigenvalue weighted by molar-refractivity contribution is 0.462. The molecule has 1 aromatic heterocycles. The van der Waals surface area contributed by atoms with Gasteiger partial charge >= 0.3 is 6.01 Å². The third-order valence-electron chi connectivity index (χ3n) is 2.65. The zero-order valence-corrected chi connectivity index (χ0v) is 11.1. The van der Waals surface area contributed by atoms with Crippen molar-refractivity contribution >= 4 is 17.8 Å². The molecule has 0 radical (unpaired) electrons. The standard InChI is InChI=1S/C11H20N4OS/c1-2-4-12-9-10-13-14-11(16-10)15-5-3-7-17-8-6-15/h12H,2-9H2,1H3. The van der Waals surface area contributed by atoms with Crippen molar-refractivity contribution in [3.63, 3.8) is 0 Å². The van der Waals surface area contributed by atoms with E-state index in [1.807, 2.05) is 11.8 Å². The molecule has 1 saturated heterocycles. The molecule has 1 N–H and O–H groups in total. The van der Waals surface area contributed by atoms with Gasteiger partial charge in [0, 0.05) is 18.8 Å². The molecule has 6 heteroatoms. The molecule has 0 aromatic carbocycles. The van der Waals surface area contributed by atoms with Gasteiger partial charge in [-0.15, -0.1) is 5.10 Å². The molecule has 1 aliphatic heterocycles. The van der Waals surface area contributed by atoms with Gasteiger partial charge in [-0.3, -0.25) is 0 Å². The summed E-state index contributed by atoms with van der Waals surface area (Å²) in [5.74, 6) is 3.06. The van der Waals surface area contributed by atoms with Gasteiger partial charge in [-0.1, -0.05) is 12.0 Å². The maximum absolute atomic E-state index is 5.66. The molecule has 0 atom stereocenters. The van der Waals surface area contributed by atoms with Crippen molar-refractivity contribution in [3.8, 4) is 0 Å². The van der Waals surface area contributed by atoms with E-state index in [0.717, 1.165) is 31.8 Å². The van der Waals surface area contributed by atoms with Crippen LogP contribution in [-0.2, 0) is 6.54 Å². The Morgan fingerprint density at radius 1 is 1.35 bits per heavy atom. The Kier molecular flexibility index (Phi) is 5.12. The van der Waals surface area contributed by atoms with Crippen molar-refractivity contribution in [3.05, 3.63) is 5.89 Å². The highest BCUT2D eigenvalue weighted by molar-refractivity contribution is 7.99. The summed E-state index contributed by atoms with van der Waals surface area (Å²) in [5.41, 5.74) is 0. The molecule has 5 nitrogen and oxygen atoms in total. The van der Waals surface area contributed by atoms with E-state index < -0.39 is 0 Å². The van der Waals surface area contributed by atoms with Gasteiger partial charge in [-0.05, 0) is 25.1 Å². The minimum Gasteiger partial charge on any atom is -0.407 e. The van der Waals surface area contributed by atoms with Gasteiger partial charge in [-0.2, -0.15) is 11.8 Å². The summed E-state index contributed by atoms with van der Waals surface area (Å²) in [4.78, 5) is 2.19. The Balaban J connectivity index is 1.87.